The van der Waals surface area contributed by atoms with E-state index < -0.39 is 0 Å². The summed E-state index contributed by atoms with van der Waals surface area (Å²) in [5.41, 5.74) is 2.39. The molecule has 1 amide bonds. The summed E-state index contributed by atoms with van der Waals surface area (Å²) >= 11 is 0. The number of carbonyl (C=O) groups excluding carboxylic acids is 1. The van der Waals surface area contributed by atoms with Crippen molar-refractivity contribution in [1.29, 1.82) is 0 Å². The molecule has 3 N–H and O–H groups in total. The zero-order valence-electron chi connectivity index (χ0n) is 11.0. The Kier molecular flexibility index (Phi) is 8.15. The third-order valence-electron chi connectivity index (χ3n) is 2.65. The number of nitrogens with one attached hydrogen (secondary N) is 1. The maximum Gasteiger partial charge on any atom is 0.238 e. The smallest absolute Gasteiger partial charge is 0.238 e. The molecule has 0 aliphatic carbocycles. The molecule has 0 atom stereocenters. The molecule has 5 nitrogen and oxygen atoms in total. The predicted molar refractivity (Wildman–Crippen MR) is 66.8 cm³/mol. The topological polar surface area (TPSA) is 61.6 Å². The lowest BCUT2D eigenvalue weighted by Crippen LogP contribution is -2.52. The standard InChI is InChI=1S/C9H20N4O.C2H6/c1-8(2)12-3-5-13(6-4-12)9(14)7-11-10;1-2/h8,11H,3-7,10H2,1-2H3;1-2H3. The van der Waals surface area contributed by atoms with Crippen LogP contribution in [-0.4, -0.2) is 54.5 Å². The number of piperazine rings is 1. The molecule has 96 valence electrons. The molecule has 0 spiro atoms. The molecule has 0 radical (unpaired) electrons. The van der Waals surface area contributed by atoms with E-state index in [4.69, 9.17) is 5.84 Å². The van der Waals surface area contributed by atoms with Crippen molar-refractivity contribution in [3.63, 3.8) is 0 Å². The van der Waals surface area contributed by atoms with E-state index in [-0.39, 0.29) is 12.5 Å². The van der Waals surface area contributed by atoms with Crippen LogP contribution in [0.5, 0.6) is 0 Å². The molecule has 1 heterocycles. The molecular formula is C11H26N4O. The summed E-state index contributed by atoms with van der Waals surface area (Å²) in [4.78, 5) is 15.7. The summed E-state index contributed by atoms with van der Waals surface area (Å²) in [5.74, 6) is 5.20. The van der Waals surface area contributed by atoms with Gasteiger partial charge in [0.1, 0.15) is 0 Å². The van der Waals surface area contributed by atoms with Crippen LogP contribution in [0.4, 0.5) is 0 Å². The van der Waals surface area contributed by atoms with Gasteiger partial charge in [0.2, 0.25) is 5.91 Å². The second kappa shape index (κ2) is 8.50. The lowest BCUT2D eigenvalue weighted by Gasteiger charge is -2.36. The summed E-state index contributed by atoms with van der Waals surface area (Å²) in [7, 11) is 0. The maximum absolute atomic E-state index is 11.4. The Balaban J connectivity index is 0.00000106. The molecule has 1 aliphatic rings. The van der Waals surface area contributed by atoms with Gasteiger partial charge in [-0.1, -0.05) is 13.8 Å². The normalized spacial score (nSPS) is 17.0. The van der Waals surface area contributed by atoms with E-state index in [1.807, 2.05) is 18.7 Å². The fourth-order valence-electron chi connectivity index (χ4n) is 1.69. The van der Waals surface area contributed by atoms with Crippen molar-refractivity contribution < 1.29 is 4.79 Å². The molecule has 0 unspecified atom stereocenters. The number of nitrogens with two attached hydrogens (primary N) is 1. The van der Waals surface area contributed by atoms with E-state index in [9.17, 15) is 4.79 Å². The Labute approximate surface area is 98.9 Å². The van der Waals surface area contributed by atoms with Crippen LogP contribution in [0, 0.1) is 0 Å². The van der Waals surface area contributed by atoms with Crippen molar-refractivity contribution in [2.45, 2.75) is 33.7 Å². The molecule has 0 aromatic carbocycles. The third-order valence-corrected chi connectivity index (χ3v) is 2.65. The Morgan fingerprint density at radius 3 is 2.12 bits per heavy atom. The summed E-state index contributed by atoms with van der Waals surface area (Å²) in [6.45, 7) is 12.2. The van der Waals surface area contributed by atoms with Crippen LogP contribution >= 0.6 is 0 Å². The molecular weight excluding hydrogens is 204 g/mol. The van der Waals surface area contributed by atoms with E-state index in [2.05, 4.69) is 24.2 Å². The van der Waals surface area contributed by atoms with E-state index in [1.54, 1.807) is 0 Å². The largest absolute Gasteiger partial charge is 0.339 e. The highest BCUT2D eigenvalue weighted by molar-refractivity contribution is 5.78. The molecule has 5 heteroatoms. The van der Waals surface area contributed by atoms with Gasteiger partial charge in [0, 0.05) is 32.2 Å². The average Bonchev–Trinajstić information content (AvgIpc) is 2.32. The number of carbonyl (C=O) groups is 1. The first-order valence-corrected chi connectivity index (χ1v) is 6.10. The Hall–Kier alpha value is -0.650. The molecule has 1 fully saturated rings. The van der Waals surface area contributed by atoms with Crippen molar-refractivity contribution in [2.24, 2.45) is 5.84 Å². The van der Waals surface area contributed by atoms with Gasteiger partial charge in [0.25, 0.3) is 0 Å². The second-order valence-electron chi connectivity index (χ2n) is 3.89. The predicted octanol–water partition coefficient (Wildman–Crippen LogP) is 0.0285. The molecule has 1 rings (SSSR count). The van der Waals surface area contributed by atoms with Crippen LogP contribution in [0.15, 0.2) is 0 Å². The molecule has 0 saturated carbocycles. The third kappa shape index (κ3) is 4.92. The lowest BCUT2D eigenvalue weighted by atomic mass is 10.2. The van der Waals surface area contributed by atoms with Crippen LogP contribution in [0.3, 0.4) is 0 Å². The van der Waals surface area contributed by atoms with Gasteiger partial charge >= 0.3 is 0 Å². The number of hydrazine groups is 1. The second-order valence-corrected chi connectivity index (χ2v) is 3.89. The number of hydrogen-bond acceptors (Lipinski definition) is 4. The molecule has 0 aromatic rings. The van der Waals surface area contributed by atoms with Crippen LogP contribution in [0.2, 0.25) is 0 Å². The average molecular weight is 230 g/mol. The SMILES string of the molecule is CC.CC(C)N1CCN(C(=O)CNN)CC1. The highest BCUT2D eigenvalue weighted by Gasteiger charge is 2.21. The first-order valence-electron chi connectivity index (χ1n) is 6.10. The summed E-state index contributed by atoms with van der Waals surface area (Å²) < 4.78 is 0. The Bertz CT molecular complexity index is 188. The van der Waals surface area contributed by atoms with Crippen LogP contribution in [0.1, 0.15) is 27.7 Å². The quantitative estimate of drug-likeness (QED) is 0.530. The van der Waals surface area contributed by atoms with Crippen LogP contribution in [-0.2, 0) is 4.79 Å². The zero-order valence-corrected chi connectivity index (χ0v) is 11.0. The van der Waals surface area contributed by atoms with Gasteiger partial charge in [-0.2, -0.15) is 0 Å². The Morgan fingerprint density at radius 2 is 1.75 bits per heavy atom. The molecule has 1 saturated heterocycles. The minimum atomic E-state index is 0.0934. The van der Waals surface area contributed by atoms with Gasteiger partial charge < -0.3 is 4.90 Å². The first kappa shape index (κ1) is 15.3. The summed E-state index contributed by atoms with van der Waals surface area (Å²) in [6, 6.07) is 0.569. The molecule has 0 bridgehead atoms. The summed E-state index contributed by atoms with van der Waals surface area (Å²) in [6.07, 6.45) is 0. The van der Waals surface area contributed by atoms with Crippen molar-refractivity contribution in [1.82, 2.24) is 15.2 Å². The molecule has 16 heavy (non-hydrogen) atoms. The number of amides is 1. The first-order chi connectivity index (χ1) is 7.65. The van der Waals surface area contributed by atoms with Gasteiger partial charge in [-0.05, 0) is 13.8 Å². The van der Waals surface area contributed by atoms with Crippen molar-refractivity contribution in [3.8, 4) is 0 Å². The van der Waals surface area contributed by atoms with Gasteiger partial charge in [0.15, 0.2) is 0 Å². The van der Waals surface area contributed by atoms with Gasteiger partial charge in [0.05, 0.1) is 6.54 Å². The minimum absolute atomic E-state index is 0.0934. The number of rotatable bonds is 3. The lowest BCUT2D eigenvalue weighted by molar-refractivity contribution is -0.132. The van der Waals surface area contributed by atoms with Crippen molar-refractivity contribution in [2.75, 3.05) is 32.7 Å². The minimum Gasteiger partial charge on any atom is -0.339 e. The maximum atomic E-state index is 11.4. The van der Waals surface area contributed by atoms with Crippen LogP contribution in [0.25, 0.3) is 0 Å². The fourth-order valence-corrected chi connectivity index (χ4v) is 1.69. The number of nitrogens with zero attached hydrogens (tertiary/aromatic N) is 2. The zero-order chi connectivity index (χ0) is 12.6. The highest BCUT2D eigenvalue weighted by atomic mass is 16.2. The van der Waals surface area contributed by atoms with Gasteiger partial charge in [-0.3, -0.25) is 21.0 Å². The molecule has 1 aliphatic heterocycles. The highest BCUT2D eigenvalue weighted by Crippen LogP contribution is 2.05. The number of hydrogen-bond donors (Lipinski definition) is 2. The van der Waals surface area contributed by atoms with Gasteiger partial charge in [-0.25, -0.2) is 0 Å². The van der Waals surface area contributed by atoms with E-state index in [0.717, 1.165) is 26.2 Å². The van der Waals surface area contributed by atoms with E-state index in [0.29, 0.717) is 6.04 Å². The van der Waals surface area contributed by atoms with Crippen molar-refractivity contribution in [3.05, 3.63) is 0 Å². The van der Waals surface area contributed by atoms with E-state index >= 15 is 0 Å². The van der Waals surface area contributed by atoms with E-state index in [1.165, 1.54) is 0 Å². The Morgan fingerprint density at radius 1 is 1.25 bits per heavy atom. The monoisotopic (exact) mass is 230 g/mol. The van der Waals surface area contributed by atoms with Gasteiger partial charge in [-0.15, -0.1) is 0 Å². The van der Waals surface area contributed by atoms with Crippen LogP contribution < -0.4 is 11.3 Å². The molecule has 0 aromatic heterocycles. The summed E-state index contributed by atoms with van der Waals surface area (Å²) in [5, 5.41) is 0. The van der Waals surface area contributed by atoms with Crippen molar-refractivity contribution >= 4 is 5.91 Å². The fraction of sp³-hybridized carbons (Fsp3) is 0.909.